The fourth-order valence-corrected chi connectivity index (χ4v) is 7.48. The van der Waals surface area contributed by atoms with E-state index in [0.717, 1.165) is 83.4 Å². The molecule has 0 aliphatic carbocycles. The predicted octanol–water partition coefficient (Wildman–Crippen LogP) is 13.2. The first-order valence-corrected chi connectivity index (χ1v) is 19.3. The molecule has 58 heavy (non-hydrogen) atoms. The van der Waals surface area contributed by atoms with E-state index in [1.807, 2.05) is 66.9 Å². The third kappa shape index (κ3) is 6.93. The second kappa shape index (κ2) is 15.3. The first kappa shape index (κ1) is 34.6. The summed E-state index contributed by atoms with van der Waals surface area (Å²) in [4.78, 5) is 24.3. The minimum absolute atomic E-state index is 0.633. The lowest BCUT2D eigenvalue weighted by Gasteiger charge is -2.14. The molecular formula is C53H35N5. The third-order valence-electron chi connectivity index (χ3n) is 10.5. The maximum absolute atomic E-state index is 5.15. The van der Waals surface area contributed by atoms with Crippen molar-refractivity contribution in [3.8, 4) is 90.1 Å². The van der Waals surface area contributed by atoms with Gasteiger partial charge in [0.15, 0.2) is 17.5 Å². The molecule has 0 spiro atoms. The maximum Gasteiger partial charge on any atom is 0.164 e. The summed E-state index contributed by atoms with van der Waals surface area (Å²) in [5.74, 6) is 1.90. The molecule has 0 aliphatic rings. The molecule has 5 heteroatoms. The van der Waals surface area contributed by atoms with Gasteiger partial charge in [-0.2, -0.15) is 0 Å². The summed E-state index contributed by atoms with van der Waals surface area (Å²) in [6.45, 7) is 0. The van der Waals surface area contributed by atoms with Gasteiger partial charge in [-0.1, -0.05) is 170 Å². The van der Waals surface area contributed by atoms with E-state index in [4.69, 9.17) is 15.0 Å². The molecule has 0 atom stereocenters. The molecule has 0 radical (unpaired) electrons. The molecule has 3 aromatic heterocycles. The van der Waals surface area contributed by atoms with E-state index in [1.54, 1.807) is 6.20 Å². The molecule has 0 saturated heterocycles. The molecule has 0 aliphatic heterocycles. The van der Waals surface area contributed by atoms with Gasteiger partial charge >= 0.3 is 0 Å². The van der Waals surface area contributed by atoms with E-state index in [1.165, 1.54) is 0 Å². The Labute approximate surface area is 337 Å². The highest BCUT2D eigenvalue weighted by Crippen LogP contribution is 2.37. The van der Waals surface area contributed by atoms with E-state index < -0.39 is 0 Å². The lowest BCUT2D eigenvalue weighted by Crippen LogP contribution is -2.01. The minimum atomic E-state index is 0.633. The minimum Gasteiger partial charge on any atom is -0.255 e. The fourth-order valence-electron chi connectivity index (χ4n) is 7.48. The topological polar surface area (TPSA) is 64.5 Å². The van der Waals surface area contributed by atoms with Crippen LogP contribution in [0, 0.1) is 0 Å². The number of hydrogen-bond donors (Lipinski definition) is 0. The average molecular weight is 742 g/mol. The summed E-state index contributed by atoms with van der Waals surface area (Å²) < 4.78 is 0. The van der Waals surface area contributed by atoms with Gasteiger partial charge in [-0.3, -0.25) is 9.97 Å². The van der Waals surface area contributed by atoms with Crippen LogP contribution in [0.4, 0.5) is 0 Å². The number of nitrogens with zero attached hydrogens (tertiary/aromatic N) is 5. The molecule has 0 fully saturated rings. The standard InChI is InChI=1S/C53H35N5/c1-3-12-36(13-4-1)42-16-11-17-43(34-42)52-56-51(41-14-5-2-6-15-41)57-53(58-52)48-31-30-45(46-18-7-8-19-47(46)48)40-27-25-38(26-28-40)37-21-23-39(24-22-37)44-29-32-50(55-35-44)49-20-9-10-33-54-49/h1-35H. The van der Waals surface area contributed by atoms with E-state index in [9.17, 15) is 0 Å². The van der Waals surface area contributed by atoms with Crippen LogP contribution in [0.5, 0.6) is 0 Å². The van der Waals surface area contributed by atoms with Crippen LogP contribution in [-0.4, -0.2) is 24.9 Å². The predicted molar refractivity (Wildman–Crippen MR) is 236 cm³/mol. The Hall–Kier alpha value is -7.89. The van der Waals surface area contributed by atoms with Crippen molar-refractivity contribution >= 4 is 10.8 Å². The summed E-state index contributed by atoms with van der Waals surface area (Å²) in [6.07, 6.45) is 3.70. The van der Waals surface area contributed by atoms with Crippen LogP contribution in [-0.2, 0) is 0 Å². The molecule has 0 saturated carbocycles. The first-order chi connectivity index (χ1) is 28.7. The number of hydrogen-bond acceptors (Lipinski definition) is 5. The van der Waals surface area contributed by atoms with Crippen LogP contribution < -0.4 is 0 Å². The van der Waals surface area contributed by atoms with E-state index in [2.05, 4.69) is 149 Å². The van der Waals surface area contributed by atoms with Crippen LogP contribution in [0.1, 0.15) is 0 Å². The molecule has 0 unspecified atom stereocenters. The van der Waals surface area contributed by atoms with Crippen molar-refractivity contribution in [2.45, 2.75) is 0 Å². The molecule has 10 rings (SSSR count). The average Bonchev–Trinajstić information content (AvgIpc) is 3.32. The lowest BCUT2D eigenvalue weighted by molar-refractivity contribution is 1.08. The Morgan fingerprint density at radius 2 is 0.741 bits per heavy atom. The number of rotatable bonds is 8. The van der Waals surface area contributed by atoms with Crippen molar-refractivity contribution < 1.29 is 0 Å². The Morgan fingerprint density at radius 1 is 0.259 bits per heavy atom. The maximum atomic E-state index is 5.15. The molecule has 5 nitrogen and oxygen atoms in total. The highest BCUT2D eigenvalue weighted by Gasteiger charge is 2.17. The Bertz CT molecular complexity index is 3000. The van der Waals surface area contributed by atoms with Gasteiger partial charge in [-0.25, -0.2) is 15.0 Å². The van der Waals surface area contributed by atoms with Crippen molar-refractivity contribution in [3.05, 3.63) is 213 Å². The van der Waals surface area contributed by atoms with Gasteiger partial charge in [0, 0.05) is 34.6 Å². The molecule has 0 bridgehead atoms. The van der Waals surface area contributed by atoms with Crippen LogP contribution in [0.25, 0.3) is 101 Å². The zero-order valence-electron chi connectivity index (χ0n) is 31.4. The Morgan fingerprint density at radius 3 is 1.40 bits per heavy atom. The first-order valence-electron chi connectivity index (χ1n) is 19.3. The number of fused-ring (bicyclic) bond motifs is 1. The van der Waals surface area contributed by atoms with Crippen molar-refractivity contribution in [3.63, 3.8) is 0 Å². The monoisotopic (exact) mass is 741 g/mol. The van der Waals surface area contributed by atoms with Crippen LogP contribution >= 0.6 is 0 Å². The zero-order chi connectivity index (χ0) is 38.7. The van der Waals surface area contributed by atoms with Gasteiger partial charge in [-0.05, 0) is 80.0 Å². The van der Waals surface area contributed by atoms with Crippen LogP contribution in [0.2, 0.25) is 0 Å². The van der Waals surface area contributed by atoms with Gasteiger partial charge in [0.2, 0.25) is 0 Å². The number of aromatic nitrogens is 5. The molecule has 0 N–H and O–H groups in total. The molecule has 10 aromatic rings. The van der Waals surface area contributed by atoms with Gasteiger partial charge in [-0.15, -0.1) is 0 Å². The van der Waals surface area contributed by atoms with Gasteiger partial charge in [0.25, 0.3) is 0 Å². The van der Waals surface area contributed by atoms with Crippen molar-refractivity contribution in [2.24, 2.45) is 0 Å². The van der Waals surface area contributed by atoms with Crippen molar-refractivity contribution in [2.75, 3.05) is 0 Å². The highest BCUT2D eigenvalue weighted by molar-refractivity contribution is 6.04. The van der Waals surface area contributed by atoms with Gasteiger partial charge < -0.3 is 0 Å². The Kier molecular flexibility index (Phi) is 9.14. The number of benzene rings is 7. The summed E-state index contributed by atoms with van der Waals surface area (Å²) in [6, 6.07) is 69.2. The molecule has 3 heterocycles. The summed E-state index contributed by atoms with van der Waals surface area (Å²) in [5.41, 5.74) is 13.6. The van der Waals surface area contributed by atoms with Crippen LogP contribution in [0.3, 0.4) is 0 Å². The molecule has 272 valence electrons. The largest absolute Gasteiger partial charge is 0.255 e. The van der Waals surface area contributed by atoms with E-state index in [-0.39, 0.29) is 0 Å². The fraction of sp³-hybridized carbons (Fsp3) is 0. The summed E-state index contributed by atoms with van der Waals surface area (Å²) >= 11 is 0. The second-order valence-corrected chi connectivity index (χ2v) is 14.1. The molecule has 7 aromatic carbocycles. The summed E-state index contributed by atoms with van der Waals surface area (Å²) in [5, 5.41) is 2.21. The molecular weight excluding hydrogens is 707 g/mol. The zero-order valence-corrected chi connectivity index (χ0v) is 31.4. The summed E-state index contributed by atoms with van der Waals surface area (Å²) in [7, 11) is 0. The van der Waals surface area contributed by atoms with Crippen molar-refractivity contribution in [1.82, 2.24) is 24.9 Å². The van der Waals surface area contributed by atoms with Crippen molar-refractivity contribution in [1.29, 1.82) is 0 Å². The quantitative estimate of drug-likeness (QED) is 0.155. The number of pyridine rings is 2. The normalized spacial score (nSPS) is 11.1. The lowest BCUT2D eigenvalue weighted by atomic mass is 9.93. The smallest absolute Gasteiger partial charge is 0.164 e. The van der Waals surface area contributed by atoms with E-state index >= 15 is 0 Å². The molecule has 0 amide bonds. The van der Waals surface area contributed by atoms with Crippen LogP contribution in [0.15, 0.2) is 213 Å². The van der Waals surface area contributed by atoms with Gasteiger partial charge in [0.1, 0.15) is 0 Å². The van der Waals surface area contributed by atoms with Gasteiger partial charge in [0.05, 0.1) is 11.4 Å². The highest BCUT2D eigenvalue weighted by atomic mass is 15.0. The SMILES string of the molecule is c1ccc(-c2cccc(-c3nc(-c4ccccc4)nc(-c4ccc(-c5ccc(-c6ccc(-c7ccc(-c8ccccn8)nc7)cc6)cc5)c5ccccc45)n3)c2)cc1. The second-order valence-electron chi connectivity index (χ2n) is 14.1. The third-order valence-corrected chi connectivity index (χ3v) is 10.5. The Balaban J connectivity index is 0.971. The van der Waals surface area contributed by atoms with E-state index in [0.29, 0.717) is 17.5 Å².